The fourth-order valence-electron chi connectivity index (χ4n) is 1.83. The molecule has 8 nitrogen and oxygen atoms in total. The molecule has 1 N–H and O–H groups in total. The van der Waals surface area contributed by atoms with Gasteiger partial charge in [-0.15, -0.1) is 0 Å². The van der Waals surface area contributed by atoms with E-state index in [4.69, 9.17) is 21.4 Å². The van der Waals surface area contributed by atoms with Crippen LogP contribution >= 0.6 is 11.6 Å². The number of carboxylic acids is 1. The molecule has 0 radical (unpaired) electrons. The number of benzene rings is 1. The van der Waals surface area contributed by atoms with Gasteiger partial charge in [-0.3, -0.25) is 10.1 Å². The normalized spacial score (nSPS) is 10.3. The minimum Gasteiger partial charge on any atom is -0.477 e. The van der Waals surface area contributed by atoms with E-state index in [1.165, 1.54) is 18.5 Å². The Bertz CT molecular complexity index is 733. The van der Waals surface area contributed by atoms with Crippen molar-refractivity contribution < 1.29 is 19.6 Å². The van der Waals surface area contributed by atoms with Gasteiger partial charge in [0.05, 0.1) is 22.3 Å². The monoisotopic (exact) mass is 323 g/mol. The number of halogens is 1. The lowest BCUT2D eigenvalue weighted by Crippen LogP contribution is -2.06. The maximum absolute atomic E-state index is 11.2. The van der Waals surface area contributed by atoms with Gasteiger partial charge in [0.25, 0.3) is 5.69 Å². The van der Waals surface area contributed by atoms with Gasteiger partial charge in [-0.25, -0.2) is 14.8 Å². The molecule has 0 saturated carbocycles. The SMILES string of the molecule is CCc1cc(Oc2ncc(Cl)cn2)cc(C(=O)O)c1[N+](=O)[O-]. The van der Waals surface area contributed by atoms with Crippen molar-refractivity contribution in [3.63, 3.8) is 0 Å². The molecule has 0 fully saturated rings. The van der Waals surface area contributed by atoms with Crippen LogP contribution in [0.4, 0.5) is 5.69 Å². The summed E-state index contributed by atoms with van der Waals surface area (Å²) in [5.74, 6) is -1.31. The molecule has 1 aromatic heterocycles. The van der Waals surface area contributed by atoms with E-state index in [1.807, 2.05) is 0 Å². The number of nitro benzene ring substituents is 1. The van der Waals surface area contributed by atoms with Gasteiger partial charge in [-0.2, -0.15) is 0 Å². The van der Waals surface area contributed by atoms with Crippen molar-refractivity contribution in [1.29, 1.82) is 0 Å². The second-order valence-corrected chi connectivity index (χ2v) is 4.62. The molecule has 0 unspecified atom stereocenters. The molecule has 114 valence electrons. The molecule has 0 bridgehead atoms. The second kappa shape index (κ2) is 6.35. The van der Waals surface area contributed by atoms with Crippen LogP contribution in [0.25, 0.3) is 0 Å². The molecule has 0 saturated heterocycles. The van der Waals surface area contributed by atoms with Crippen LogP contribution in [0.3, 0.4) is 0 Å². The summed E-state index contributed by atoms with van der Waals surface area (Å²) in [4.78, 5) is 29.2. The average Bonchev–Trinajstić information content (AvgIpc) is 2.48. The number of ether oxygens (including phenoxy) is 1. The largest absolute Gasteiger partial charge is 0.477 e. The number of nitrogens with zero attached hydrogens (tertiary/aromatic N) is 3. The summed E-state index contributed by atoms with van der Waals surface area (Å²) in [6, 6.07) is 2.41. The number of aryl methyl sites for hydroxylation is 1. The molecular weight excluding hydrogens is 314 g/mol. The summed E-state index contributed by atoms with van der Waals surface area (Å²) in [7, 11) is 0. The molecule has 0 aliphatic rings. The predicted octanol–water partition coefficient (Wildman–Crippen LogP) is 3.09. The number of nitro groups is 1. The van der Waals surface area contributed by atoms with Crippen molar-refractivity contribution in [1.82, 2.24) is 9.97 Å². The first-order valence-corrected chi connectivity index (χ1v) is 6.50. The van der Waals surface area contributed by atoms with E-state index in [0.717, 1.165) is 6.07 Å². The van der Waals surface area contributed by atoms with Gasteiger partial charge in [-0.1, -0.05) is 18.5 Å². The van der Waals surface area contributed by atoms with Gasteiger partial charge in [-0.05, 0) is 12.5 Å². The maximum Gasteiger partial charge on any atom is 0.342 e. The third-order valence-electron chi connectivity index (χ3n) is 2.76. The molecule has 1 aromatic carbocycles. The first kappa shape index (κ1) is 15.6. The number of carboxylic acid groups (broad SMARTS) is 1. The summed E-state index contributed by atoms with van der Waals surface area (Å²) in [5, 5.41) is 20.5. The van der Waals surface area contributed by atoms with Crippen LogP contribution in [0.5, 0.6) is 11.8 Å². The highest BCUT2D eigenvalue weighted by Crippen LogP contribution is 2.31. The lowest BCUT2D eigenvalue weighted by Gasteiger charge is -2.08. The molecule has 9 heteroatoms. The minimum absolute atomic E-state index is 0.0448. The highest BCUT2D eigenvalue weighted by molar-refractivity contribution is 6.30. The van der Waals surface area contributed by atoms with Crippen molar-refractivity contribution in [2.75, 3.05) is 0 Å². The van der Waals surface area contributed by atoms with Gasteiger partial charge < -0.3 is 9.84 Å². The molecule has 0 atom stereocenters. The molecule has 0 spiro atoms. The summed E-state index contributed by atoms with van der Waals surface area (Å²) in [6.45, 7) is 1.68. The smallest absolute Gasteiger partial charge is 0.342 e. The van der Waals surface area contributed by atoms with Crippen LogP contribution in [0.15, 0.2) is 24.5 Å². The third kappa shape index (κ3) is 3.29. The van der Waals surface area contributed by atoms with Crippen LogP contribution < -0.4 is 4.74 Å². The van der Waals surface area contributed by atoms with Crippen LogP contribution in [-0.4, -0.2) is 26.0 Å². The van der Waals surface area contributed by atoms with Gasteiger partial charge in [0.1, 0.15) is 11.3 Å². The topological polar surface area (TPSA) is 115 Å². The number of hydrogen-bond donors (Lipinski definition) is 1. The van der Waals surface area contributed by atoms with Crippen LogP contribution in [0.2, 0.25) is 5.02 Å². The third-order valence-corrected chi connectivity index (χ3v) is 2.96. The molecule has 0 amide bonds. The second-order valence-electron chi connectivity index (χ2n) is 4.18. The maximum atomic E-state index is 11.2. The predicted molar refractivity (Wildman–Crippen MR) is 76.5 cm³/mol. The minimum atomic E-state index is -1.41. The molecular formula is C13H10ClN3O5. The fraction of sp³-hybridized carbons (Fsp3) is 0.154. The Hall–Kier alpha value is -2.74. The Kier molecular flexibility index (Phi) is 4.52. The summed E-state index contributed by atoms with van der Waals surface area (Å²) >= 11 is 5.65. The van der Waals surface area contributed by atoms with E-state index in [-0.39, 0.29) is 23.7 Å². The van der Waals surface area contributed by atoms with Gasteiger partial charge in [0, 0.05) is 11.6 Å². The Morgan fingerprint density at radius 3 is 2.55 bits per heavy atom. The van der Waals surface area contributed by atoms with E-state index < -0.39 is 22.1 Å². The molecule has 2 aromatic rings. The molecule has 0 aliphatic heterocycles. The highest BCUT2D eigenvalue weighted by atomic mass is 35.5. The van der Waals surface area contributed by atoms with Crippen LogP contribution in [0.1, 0.15) is 22.8 Å². The van der Waals surface area contributed by atoms with Gasteiger partial charge >= 0.3 is 12.0 Å². The van der Waals surface area contributed by atoms with E-state index in [2.05, 4.69) is 9.97 Å². The average molecular weight is 324 g/mol. The molecule has 1 heterocycles. The lowest BCUT2D eigenvalue weighted by molar-refractivity contribution is -0.385. The Morgan fingerprint density at radius 2 is 2.05 bits per heavy atom. The first-order chi connectivity index (χ1) is 10.4. The van der Waals surface area contributed by atoms with Crippen molar-refractivity contribution in [2.24, 2.45) is 0 Å². The number of hydrogen-bond acceptors (Lipinski definition) is 6. The van der Waals surface area contributed by atoms with Crippen LogP contribution in [-0.2, 0) is 6.42 Å². The molecule has 2 rings (SSSR count). The van der Waals surface area contributed by atoms with Crippen LogP contribution in [0, 0.1) is 10.1 Å². The van der Waals surface area contributed by atoms with Crippen molar-refractivity contribution >= 4 is 23.3 Å². The van der Waals surface area contributed by atoms with E-state index in [9.17, 15) is 14.9 Å². The summed E-state index contributed by atoms with van der Waals surface area (Å²) in [6.07, 6.45) is 2.90. The Labute approximate surface area is 129 Å². The zero-order chi connectivity index (χ0) is 16.3. The Morgan fingerprint density at radius 1 is 1.41 bits per heavy atom. The standard InChI is InChI=1S/C13H10ClN3O5/c1-2-7-3-9(22-13-15-5-8(14)6-16-13)4-10(12(18)19)11(7)17(20)21/h3-6H,2H2,1H3,(H,18,19). The van der Waals surface area contributed by atoms with E-state index in [1.54, 1.807) is 6.92 Å². The van der Waals surface area contributed by atoms with Crippen molar-refractivity contribution in [3.05, 3.63) is 50.8 Å². The van der Waals surface area contributed by atoms with Gasteiger partial charge in [0.15, 0.2) is 0 Å². The van der Waals surface area contributed by atoms with Crippen molar-refractivity contribution in [3.8, 4) is 11.8 Å². The zero-order valence-electron chi connectivity index (χ0n) is 11.3. The number of aromatic nitrogens is 2. The van der Waals surface area contributed by atoms with Gasteiger partial charge in [0.2, 0.25) is 0 Å². The fourth-order valence-corrected chi connectivity index (χ4v) is 1.93. The Balaban J connectivity index is 2.49. The number of aromatic carboxylic acids is 1. The summed E-state index contributed by atoms with van der Waals surface area (Å²) in [5.41, 5.74) is -0.651. The quantitative estimate of drug-likeness (QED) is 0.663. The summed E-state index contributed by atoms with van der Waals surface area (Å²) < 4.78 is 5.33. The zero-order valence-corrected chi connectivity index (χ0v) is 12.1. The van der Waals surface area contributed by atoms with Crippen molar-refractivity contribution in [2.45, 2.75) is 13.3 Å². The molecule has 22 heavy (non-hydrogen) atoms. The highest BCUT2D eigenvalue weighted by Gasteiger charge is 2.25. The molecule has 0 aliphatic carbocycles. The number of carbonyl (C=O) groups is 1. The number of rotatable bonds is 5. The lowest BCUT2D eigenvalue weighted by atomic mass is 10.0. The van der Waals surface area contributed by atoms with E-state index in [0.29, 0.717) is 5.02 Å². The first-order valence-electron chi connectivity index (χ1n) is 6.12. The van der Waals surface area contributed by atoms with E-state index >= 15 is 0 Å².